The number of rotatable bonds is 4. The van der Waals surface area contributed by atoms with Crippen molar-refractivity contribution >= 4 is 17.4 Å². The summed E-state index contributed by atoms with van der Waals surface area (Å²) < 4.78 is 4.65. The molecule has 0 saturated carbocycles. The highest BCUT2D eigenvalue weighted by Gasteiger charge is 2.28. The number of carbonyl (C=O) groups excluding carboxylic acids is 2. The normalized spacial score (nSPS) is 11.3. The van der Waals surface area contributed by atoms with Crippen molar-refractivity contribution in [1.82, 2.24) is 0 Å². The maximum Gasteiger partial charge on any atom is 0.331 e. The number of nitrogens with two attached hydrogens (primary N) is 1. The van der Waals surface area contributed by atoms with Crippen molar-refractivity contribution in [2.24, 2.45) is 5.92 Å². The molecule has 0 saturated heterocycles. The Balaban J connectivity index is 2.91. The summed E-state index contributed by atoms with van der Waals surface area (Å²) in [7, 11) is 0. The average Bonchev–Trinajstić information content (AvgIpc) is 2.31. The first kappa shape index (κ1) is 12.7. The summed E-state index contributed by atoms with van der Waals surface area (Å²) in [5.74, 6) is -2.82. The highest BCUT2D eigenvalue weighted by Crippen LogP contribution is 2.12. The second-order valence-electron chi connectivity index (χ2n) is 3.30. The molecular weight excluding hydrogens is 220 g/mol. The van der Waals surface area contributed by atoms with Gasteiger partial charge in [-0.2, -0.15) is 5.26 Å². The maximum absolute atomic E-state index is 11.8. The predicted octanol–water partition coefficient (Wildman–Crippen LogP) is 1.15. The first-order chi connectivity index (χ1) is 8.10. The Morgan fingerprint density at radius 2 is 2.00 bits per heavy atom. The Labute approximate surface area is 98.8 Å². The van der Waals surface area contributed by atoms with E-state index in [1.807, 2.05) is 0 Å². The van der Waals surface area contributed by atoms with Gasteiger partial charge in [-0.05, 0) is 31.2 Å². The molecule has 1 aromatic rings. The monoisotopic (exact) mass is 232 g/mol. The van der Waals surface area contributed by atoms with Gasteiger partial charge >= 0.3 is 5.97 Å². The summed E-state index contributed by atoms with van der Waals surface area (Å²) in [6.45, 7) is 1.74. The third-order valence-corrected chi connectivity index (χ3v) is 2.11. The molecule has 0 aromatic heterocycles. The molecule has 0 bridgehead atoms. The van der Waals surface area contributed by atoms with Crippen LogP contribution in [-0.4, -0.2) is 18.4 Å². The topological polar surface area (TPSA) is 93.2 Å². The van der Waals surface area contributed by atoms with Crippen LogP contribution >= 0.6 is 0 Å². The van der Waals surface area contributed by atoms with Crippen LogP contribution < -0.4 is 5.73 Å². The molecule has 5 heteroatoms. The Morgan fingerprint density at radius 3 is 2.47 bits per heavy atom. The zero-order chi connectivity index (χ0) is 12.8. The number of anilines is 1. The molecule has 5 nitrogen and oxygen atoms in total. The molecule has 1 rings (SSSR count). The number of Topliss-reactive ketones (excluding diaryl/α,β-unsaturated/α-hetero) is 1. The number of ether oxygens (including phenoxy) is 1. The zero-order valence-corrected chi connectivity index (χ0v) is 9.34. The molecule has 2 N–H and O–H groups in total. The van der Waals surface area contributed by atoms with E-state index in [1.165, 1.54) is 24.3 Å². The van der Waals surface area contributed by atoms with Crippen LogP contribution in [0.25, 0.3) is 0 Å². The highest BCUT2D eigenvalue weighted by molar-refractivity contribution is 6.10. The lowest BCUT2D eigenvalue weighted by Gasteiger charge is -2.07. The molecule has 17 heavy (non-hydrogen) atoms. The fraction of sp³-hybridized carbons (Fsp3) is 0.250. The van der Waals surface area contributed by atoms with Gasteiger partial charge in [-0.15, -0.1) is 0 Å². The van der Waals surface area contributed by atoms with Gasteiger partial charge in [-0.1, -0.05) is 0 Å². The van der Waals surface area contributed by atoms with Gasteiger partial charge < -0.3 is 10.5 Å². The van der Waals surface area contributed by atoms with E-state index in [2.05, 4.69) is 4.74 Å². The van der Waals surface area contributed by atoms with E-state index >= 15 is 0 Å². The molecule has 88 valence electrons. The highest BCUT2D eigenvalue weighted by atomic mass is 16.5. The van der Waals surface area contributed by atoms with Crippen LogP contribution in [0.4, 0.5) is 5.69 Å². The van der Waals surface area contributed by atoms with Crippen LogP contribution in [0.1, 0.15) is 17.3 Å². The fourth-order valence-corrected chi connectivity index (χ4v) is 1.26. The third-order valence-electron chi connectivity index (χ3n) is 2.11. The average molecular weight is 232 g/mol. The van der Waals surface area contributed by atoms with E-state index in [4.69, 9.17) is 11.0 Å². The molecule has 0 aliphatic carbocycles. The quantitative estimate of drug-likeness (QED) is 0.364. The second-order valence-corrected chi connectivity index (χ2v) is 3.30. The van der Waals surface area contributed by atoms with Crippen LogP contribution in [0, 0.1) is 17.2 Å². The maximum atomic E-state index is 11.8. The first-order valence-electron chi connectivity index (χ1n) is 5.06. The van der Waals surface area contributed by atoms with Gasteiger partial charge in [0.2, 0.25) is 5.92 Å². The van der Waals surface area contributed by atoms with Gasteiger partial charge in [0, 0.05) is 11.3 Å². The largest absolute Gasteiger partial charge is 0.465 e. The minimum Gasteiger partial charge on any atom is -0.465 e. The number of ketones is 1. The van der Waals surface area contributed by atoms with Gasteiger partial charge in [0.1, 0.15) is 0 Å². The standard InChI is InChI=1S/C12H12N2O3/c1-2-17-12(16)10(7-13)11(15)8-3-5-9(14)6-4-8/h3-6,10H,2,14H2,1H3/t10-/m0/s1. The van der Waals surface area contributed by atoms with E-state index in [0.717, 1.165) is 0 Å². The molecule has 1 aromatic carbocycles. The smallest absolute Gasteiger partial charge is 0.331 e. The predicted molar refractivity (Wildman–Crippen MR) is 60.9 cm³/mol. The number of carbonyl (C=O) groups is 2. The summed E-state index contributed by atoms with van der Waals surface area (Å²) in [6, 6.07) is 7.66. The molecule has 1 atom stereocenters. The summed E-state index contributed by atoms with van der Waals surface area (Å²) in [4.78, 5) is 23.2. The van der Waals surface area contributed by atoms with Crippen molar-refractivity contribution < 1.29 is 14.3 Å². The molecule has 0 fully saturated rings. The van der Waals surface area contributed by atoms with Crippen LogP contribution in [0.2, 0.25) is 0 Å². The number of benzene rings is 1. The molecule has 0 aliphatic rings. The van der Waals surface area contributed by atoms with Gasteiger partial charge in [0.25, 0.3) is 0 Å². The third kappa shape index (κ3) is 3.05. The lowest BCUT2D eigenvalue weighted by Crippen LogP contribution is -2.24. The van der Waals surface area contributed by atoms with Gasteiger partial charge in [0.15, 0.2) is 5.78 Å². The van der Waals surface area contributed by atoms with Crippen LogP contribution in [0.3, 0.4) is 0 Å². The van der Waals surface area contributed by atoms with Crippen molar-refractivity contribution in [2.45, 2.75) is 6.92 Å². The minimum atomic E-state index is -1.42. The van der Waals surface area contributed by atoms with E-state index in [1.54, 1.807) is 13.0 Å². The number of nitrogens with zero attached hydrogens (tertiary/aromatic N) is 1. The number of nitrogen functional groups attached to an aromatic ring is 1. The van der Waals surface area contributed by atoms with Crippen molar-refractivity contribution in [3.05, 3.63) is 29.8 Å². The van der Waals surface area contributed by atoms with Gasteiger partial charge in [0.05, 0.1) is 12.7 Å². The van der Waals surface area contributed by atoms with Gasteiger partial charge in [-0.3, -0.25) is 9.59 Å². The SMILES string of the molecule is CCOC(=O)[C@@H](C#N)C(=O)c1ccc(N)cc1. The summed E-state index contributed by atoms with van der Waals surface area (Å²) >= 11 is 0. The Morgan fingerprint density at radius 1 is 1.41 bits per heavy atom. The van der Waals surface area contributed by atoms with Crippen LogP contribution in [-0.2, 0) is 9.53 Å². The van der Waals surface area contributed by atoms with E-state index in [9.17, 15) is 9.59 Å². The molecule has 0 aliphatic heterocycles. The molecule has 0 spiro atoms. The first-order valence-corrected chi connectivity index (χ1v) is 5.06. The molecule has 0 amide bonds. The molecule has 0 heterocycles. The lowest BCUT2D eigenvalue weighted by atomic mass is 9.99. The van der Waals surface area contributed by atoms with Crippen molar-refractivity contribution in [2.75, 3.05) is 12.3 Å². The lowest BCUT2D eigenvalue weighted by molar-refractivity contribution is -0.144. The molecular formula is C12H12N2O3. The van der Waals surface area contributed by atoms with Crippen molar-refractivity contribution in [3.63, 3.8) is 0 Å². The van der Waals surface area contributed by atoms with E-state index in [-0.39, 0.29) is 12.2 Å². The van der Waals surface area contributed by atoms with Crippen LogP contribution in [0.15, 0.2) is 24.3 Å². The summed E-state index contributed by atoms with van der Waals surface area (Å²) in [6.07, 6.45) is 0. The van der Waals surface area contributed by atoms with E-state index < -0.39 is 17.7 Å². The fourth-order valence-electron chi connectivity index (χ4n) is 1.26. The van der Waals surface area contributed by atoms with E-state index in [0.29, 0.717) is 5.69 Å². The Kier molecular flexibility index (Phi) is 4.23. The number of nitriles is 1. The Bertz CT molecular complexity index is 460. The second kappa shape index (κ2) is 5.66. The minimum absolute atomic E-state index is 0.131. The summed E-state index contributed by atoms with van der Waals surface area (Å²) in [5.41, 5.74) is 6.24. The van der Waals surface area contributed by atoms with Crippen molar-refractivity contribution in [3.8, 4) is 6.07 Å². The number of hydrogen-bond acceptors (Lipinski definition) is 5. The molecule has 0 radical (unpaired) electrons. The van der Waals surface area contributed by atoms with Crippen molar-refractivity contribution in [1.29, 1.82) is 5.26 Å². The summed E-state index contributed by atoms with van der Waals surface area (Å²) in [5, 5.41) is 8.81. The molecule has 0 unspecified atom stereocenters. The van der Waals surface area contributed by atoms with Gasteiger partial charge in [-0.25, -0.2) is 0 Å². The van der Waals surface area contributed by atoms with Crippen LogP contribution in [0.5, 0.6) is 0 Å². The zero-order valence-electron chi connectivity index (χ0n) is 9.34. The Hall–Kier alpha value is -2.35. The number of esters is 1. The number of hydrogen-bond donors (Lipinski definition) is 1.